The third-order valence-electron chi connectivity index (χ3n) is 2.93. The Kier molecular flexibility index (Phi) is 2.99. The molecular weight excluding hydrogens is 252 g/mol. The summed E-state index contributed by atoms with van der Waals surface area (Å²) in [5.74, 6) is -2.98. The van der Waals surface area contributed by atoms with Crippen molar-refractivity contribution in [2.45, 2.75) is 18.4 Å². The molecule has 0 aromatic heterocycles. The number of hydrogen-bond donors (Lipinski definition) is 4. The Morgan fingerprint density at radius 3 is 1.89 bits per heavy atom. The van der Waals surface area contributed by atoms with Gasteiger partial charge in [-0.2, -0.15) is 0 Å². The third kappa shape index (κ3) is 2.71. The molecule has 19 heavy (non-hydrogen) atoms. The summed E-state index contributed by atoms with van der Waals surface area (Å²) >= 11 is 0. The number of carboxylic acid groups (broad SMARTS) is 2. The van der Waals surface area contributed by atoms with Crippen LogP contribution in [-0.2, 0) is 4.79 Å². The van der Waals surface area contributed by atoms with Gasteiger partial charge in [0, 0.05) is 5.69 Å². The van der Waals surface area contributed by atoms with Crippen LogP contribution in [0.25, 0.3) is 0 Å². The Morgan fingerprint density at radius 2 is 1.53 bits per heavy atom. The van der Waals surface area contributed by atoms with Crippen LogP contribution in [-0.4, -0.2) is 33.6 Å². The van der Waals surface area contributed by atoms with Gasteiger partial charge < -0.3 is 21.3 Å². The molecule has 0 bridgehead atoms. The van der Waals surface area contributed by atoms with Crippen LogP contribution in [0.4, 0.5) is 5.69 Å². The fourth-order valence-corrected chi connectivity index (χ4v) is 1.56. The molecule has 0 spiro atoms. The number of amides is 1. The molecule has 1 aliphatic carbocycles. The number of rotatable bonds is 4. The van der Waals surface area contributed by atoms with Gasteiger partial charge in [0.25, 0.3) is 0 Å². The van der Waals surface area contributed by atoms with E-state index in [-0.39, 0.29) is 16.8 Å². The van der Waals surface area contributed by atoms with Crippen LogP contribution in [0.3, 0.4) is 0 Å². The van der Waals surface area contributed by atoms with Gasteiger partial charge >= 0.3 is 11.9 Å². The van der Waals surface area contributed by atoms with E-state index in [1.807, 2.05) is 0 Å². The summed E-state index contributed by atoms with van der Waals surface area (Å²) in [6, 6.07) is 3.41. The van der Waals surface area contributed by atoms with Gasteiger partial charge in [-0.05, 0) is 31.0 Å². The van der Waals surface area contributed by atoms with Crippen molar-refractivity contribution in [2.75, 3.05) is 5.32 Å². The fraction of sp³-hybridized carbons (Fsp3) is 0.250. The second-order valence-electron chi connectivity index (χ2n) is 4.52. The zero-order valence-electron chi connectivity index (χ0n) is 9.84. The van der Waals surface area contributed by atoms with Gasteiger partial charge in [0.15, 0.2) is 0 Å². The quantitative estimate of drug-likeness (QED) is 0.627. The molecule has 7 heteroatoms. The van der Waals surface area contributed by atoms with E-state index < -0.39 is 23.4 Å². The molecule has 0 aliphatic heterocycles. The predicted molar refractivity (Wildman–Crippen MR) is 65.1 cm³/mol. The zero-order chi connectivity index (χ0) is 14.2. The average molecular weight is 264 g/mol. The normalized spacial score (nSPS) is 15.6. The molecule has 1 amide bonds. The van der Waals surface area contributed by atoms with E-state index in [0.29, 0.717) is 12.8 Å². The highest BCUT2D eigenvalue weighted by Crippen LogP contribution is 2.33. The second kappa shape index (κ2) is 4.36. The van der Waals surface area contributed by atoms with Crippen molar-refractivity contribution < 1.29 is 24.6 Å². The molecule has 1 fully saturated rings. The molecule has 5 N–H and O–H groups in total. The molecule has 0 saturated heterocycles. The number of carboxylic acids is 2. The molecule has 1 aromatic rings. The second-order valence-corrected chi connectivity index (χ2v) is 4.52. The van der Waals surface area contributed by atoms with Crippen molar-refractivity contribution in [3.8, 4) is 0 Å². The van der Waals surface area contributed by atoms with E-state index in [0.717, 1.165) is 6.07 Å². The minimum atomic E-state index is -1.27. The maximum atomic E-state index is 11.7. The molecule has 2 rings (SSSR count). The smallest absolute Gasteiger partial charge is 0.335 e. The number of carbonyl (C=O) groups excluding carboxylic acids is 1. The van der Waals surface area contributed by atoms with Crippen molar-refractivity contribution in [1.82, 2.24) is 0 Å². The summed E-state index contributed by atoms with van der Waals surface area (Å²) in [5.41, 5.74) is 4.46. The first kappa shape index (κ1) is 13.0. The highest BCUT2D eigenvalue weighted by molar-refractivity contribution is 6.02. The van der Waals surface area contributed by atoms with Crippen LogP contribution >= 0.6 is 0 Å². The van der Waals surface area contributed by atoms with E-state index in [9.17, 15) is 14.4 Å². The molecule has 0 atom stereocenters. The average Bonchev–Trinajstić information content (AvgIpc) is 3.08. The highest BCUT2D eigenvalue weighted by atomic mass is 16.4. The van der Waals surface area contributed by atoms with Crippen LogP contribution in [0.5, 0.6) is 0 Å². The molecule has 0 heterocycles. The minimum Gasteiger partial charge on any atom is -0.478 e. The number of nitrogens with one attached hydrogen (secondary N) is 1. The summed E-state index contributed by atoms with van der Waals surface area (Å²) < 4.78 is 0. The van der Waals surface area contributed by atoms with Gasteiger partial charge in [-0.25, -0.2) is 9.59 Å². The summed E-state index contributed by atoms with van der Waals surface area (Å²) in [5, 5.41) is 20.2. The molecule has 0 radical (unpaired) electrons. The molecule has 100 valence electrons. The first-order chi connectivity index (χ1) is 8.82. The van der Waals surface area contributed by atoms with Gasteiger partial charge in [-0.15, -0.1) is 0 Å². The SMILES string of the molecule is NC1(C(=O)Nc2cc(C(=O)O)cc(C(=O)O)c2)CC1. The number of hydrogen-bond acceptors (Lipinski definition) is 4. The monoisotopic (exact) mass is 264 g/mol. The van der Waals surface area contributed by atoms with Crippen molar-refractivity contribution in [1.29, 1.82) is 0 Å². The lowest BCUT2D eigenvalue weighted by atomic mass is 10.1. The summed E-state index contributed by atoms with van der Waals surface area (Å²) in [4.78, 5) is 33.5. The van der Waals surface area contributed by atoms with Crippen molar-refractivity contribution in [2.24, 2.45) is 5.73 Å². The lowest BCUT2D eigenvalue weighted by Gasteiger charge is -2.11. The van der Waals surface area contributed by atoms with E-state index >= 15 is 0 Å². The van der Waals surface area contributed by atoms with Crippen molar-refractivity contribution in [3.63, 3.8) is 0 Å². The van der Waals surface area contributed by atoms with Gasteiger partial charge in [-0.3, -0.25) is 4.79 Å². The molecular formula is C12H12N2O5. The topological polar surface area (TPSA) is 130 Å². The third-order valence-corrected chi connectivity index (χ3v) is 2.93. The Balaban J connectivity index is 2.31. The Morgan fingerprint density at radius 1 is 1.05 bits per heavy atom. The van der Waals surface area contributed by atoms with Crippen LogP contribution in [0.15, 0.2) is 18.2 Å². The summed E-state index contributed by atoms with van der Waals surface area (Å²) in [6.07, 6.45) is 1.12. The van der Waals surface area contributed by atoms with Crippen molar-refractivity contribution in [3.05, 3.63) is 29.3 Å². The molecule has 1 saturated carbocycles. The standard InChI is InChI=1S/C12H12N2O5/c13-12(1-2-12)11(19)14-8-4-6(9(15)16)3-7(5-8)10(17)18/h3-5H,1-2,13H2,(H,14,19)(H,15,16)(H,17,18). The first-order valence-corrected chi connectivity index (χ1v) is 5.54. The van der Waals surface area contributed by atoms with Crippen LogP contribution in [0.2, 0.25) is 0 Å². The number of nitrogens with two attached hydrogens (primary N) is 1. The number of benzene rings is 1. The lowest BCUT2D eigenvalue weighted by Crippen LogP contribution is -2.37. The maximum Gasteiger partial charge on any atom is 0.335 e. The molecule has 1 aliphatic rings. The lowest BCUT2D eigenvalue weighted by molar-refractivity contribution is -0.118. The van der Waals surface area contributed by atoms with E-state index in [2.05, 4.69) is 5.32 Å². The van der Waals surface area contributed by atoms with Crippen LogP contribution < -0.4 is 11.1 Å². The maximum absolute atomic E-state index is 11.7. The Hall–Kier alpha value is -2.41. The minimum absolute atomic E-state index is 0.110. The van der Waals surface area contributed by atoms with Crippen LogP contribution in [0.1, 0.15) is 33.6 Å². The number of aromatic carboxylic acids is 2. The van der Waals surface area contributed by atoms with Crippen molar-refractivity contribution >= 4 is 23.5 Å². The van der Waals surface area contributed by atoms with Gasteiger partial charge in [-0.1, -0.05) is 0 Å². The number of carbonyl (C=O) groups is 3. The first-order valence-electron chi connectivity index (χ1n) is 5.54. The van der Waals surface area contributed by atoms with Gasteiger partial charge in [0.1, 0.15) is 0 Å². The Bertz CT molecular complexity index is 545. The van der Waals surface area contributed by atoms with Gasteiger partial charge in [0.2, 0.25) is 5.91 Å². The van der Waals surface area contributed by atoms with E-state index in [1.165, 1.54) is 12.1 Å². The Labute approximate surface area is 108 Å². The summed E-state index contributed by atoms with van der Waals surface area (Å²) in [7, 11) is 0. The number of anilines is 1. The van der Waals surface area contributed by atoms with E-state index in [4.69, 9.17) is 15.9 Å². The summed E-state index contributed by atoms with van der Waals surface area (Å²) in [6.45, 7) is 0. The van der Waals surface area contributed by atoms with E-state index in [1.54, 1.807) is 0 Å². The van der Waals surface area contributed by atoms with Crippen LogP contribution in [0, 0.1) is 0 Å². The zero-order valence-corrected chi connectivity index (χ0v) is 9.84. The largest absolute Gasteiger partial charge is 0.478 e. The molecule has 0 unspecified atom stereocenters. The highest BCUT2D eigenvalue weighted by Gasteiger charge is 2.46. The predicted octanol–water partition coefficient (Wildman–Crippen LogP) is 0.513. The molecule has 7 nitrogen and oxygen atoms in total. The fourth-order valence-electron chi connectivity index (χ4n) is 1.56. The van der Waals surface area contributed by atoms with Gasteiger partial charge in [0.05, 0.1) is 16.7 Å². The molecule has 1 aromatic carbocycles.